The lowest BCUT2D eigenvalue weighted by Crippen LogP contribution is -2.22. The topological polar surface area (TPSA) is 79.1 Å². The Balaban J connectivity index is 1.66. The molecule has 0 aliphatic carbocycles. The number of rotatable bonds is 5. The highest BCUT2D eigenvalue weighted by Crippen LogP contribution is 2.18. The number of aromatic nitrogens is 4. The van der Waals surface area contributed by atoms with E-state index in [1.807, 2.05) is 18.6 Å². The van der Waals surface area contributed by atoms with Crippen molar-refractivity contribution in [1.82, 2.24) is 19.5 Å². The van der Waals surface area contributed by atoms with Crippen LogP contribution in [-0.2, 0) is 13.1 Å². The number of hydrogen-bond donors (Lipinski definition) is 2. The molecule has 2 aromatic rings. The second-order valence-corrected chi connectivity index (χ2v) is 5.15. The van der Waals surface area contributed by atoms with Gasteiger partial charge in [-0.15, -0.1) is 0 Å². The quantitative estimate of drug-likeness (QED) is 0.850. The van der Waals surface area contributed by atoms with Crippen LogP contribution in [0.25, 0.3) is 0 Å². The molecule has 112 valence electrons. The van der Waals surface area contributed by atoms with Crippen LogP contribution in [0, 0.1) is 0 Å². The third-order valence-electron chi connectivity index (χ3n) is 3.70. The summed E-state index contributed by atoms with van der Waals surface area (Å²) in [5, 5.41) is 12.8. The van der Waals surface area contributed by atoms with Gasteiger partial charge in [-0.3, -0.25) is 0 Å². The van der Waals surface area contributed by atoms with E-state index in [9.17, 15) is 5.11 Å². The van der Waals surface area contributed by atoms with Crippen LogP contribution in [0.1, 0.15) is 19.0 Å². The van der Waals surface area contributed by atoms with Gasteiger partial charge in [0.1, 0.15) is 5.82 Å². The summed E-state index contributed by atoms with van der Waals surface area (Å²) in [5.41, 5.74) is 1.10. The van der Waals surface area contributed by atoms with E-state index in [2.05, 4.69) is 36.7 Å². The van der Waals surface area contributed by atoms with Gasteiger partial charge in [0.05, 0.1) is 24.7 Å². The third-order valence-corrected chi connectivity index (χ3v) is 3.70. The first-order chi connectivity index (χ1) is 10.3. The van der Waals surface area contributed by atoms with Gasteiger partial charge >= 0.3 is 0 Å². The van der Waals surface area contributed by atoms with E-state index in [0.717, 1.165) is 31.0 Å². The van der Waals surface area contributed by atoms with Crippen molar-refractivity contribution >= 4 is 11.8 Å². The van der Waals surface area contributed by atoms with Gasteiger partial charge < -0.3 is 19.9 Å². The zero-order valence-corrected chi connectivity index (χ0v) is 12.1. The van der Waals surface area contributed by atoms with E-state index in [-0.39, 0.29) is 6.10 Å². The molecule has 0 aromatic carbocycles. The molecule has 1 aliphatic heterocycles. The molecule has 0 radical (unpaired) electrons. The summed E-state index contributed by atoms with van der Waals surface area (Å²) >= 11 is 0. The normalized spacial score (nSPS) is 18.2. The maximum Gasteiger partial charge on any atom is 0.224 e. The SMILES string of the molecule is CCn1cncc1CNc1nccc(N2CCC(O)C2)n1. The molecular weight excluding hydrogens is 268 g/mol. The second-order valence-electron chi connectivity index (χ2n) is 5.15. The first-order valence-electron chi connectivity index (χ1n) is 7.25. The minimum atomic E-state index is -0.254. The zero-order valence-electron chi connectivity index (χ0n) is 12.1. The van der Waals surface area contributed by atoms with E-state index in [1.54, 1.807) is 6.20 Å². The largest absolute Gasteiger partial charge is 0.391 e. The average Bonchev–Trinajstić information content (AvgIpc) is 3.14. The Hall–Kier alpha value is -2.15. The number of aliphatic hydroxyl groups is 1. The molecule has 0 saturated carbocycles. The number of anilines is 2. The molecule has 2 aromatic heterocycles. The molecule has 3 rings (SSSR count). The number of nitrogens with one attached hydrogen (secondary N) is 1. The van der Waals surface area contributed by atoms with Crippen molar-refractivity contribution in [1.29, 1.82) is 0 Å². The highest BCUT2D eigenvalue weighted by atomic mass is 16.3. The highest BCUT2D eigenvalue weighted by molar-refractivity contribution is 5.43. The van der Waals surface area contributed by atoms with Crippen molar-refractivity contribution in [2.75, 3.05) is 23.3 Å². The molecule has 1 aliphatic rings. The average molecular weight is 288 g/mol. The molecular formula is C14H20N6O. The molecule has 7 nitrogen and oxygen atoms in total. The fourth-order valence-electron chi connectivity index (χ4n) is 2.51. The molecule has 1 atom stereocenters. The Labute approximate surface area is 123 Å². The Morgan fingerprint density at radius 1 is 1.48 bits per heavy atom. The first kappa shape index (κ1) is 13.8. The molecule has 1 saturated heterocycles. The van der Waals surface area contributed by atoms with Crippen LogP contribution in [0.2, 0.25) is 0 Å². The fourth-order valence-corrected chi connectivity index (χ4v) is 2.51. The molecule has 2 N–H and O–H groups in total. The van der Waals surface area contributed by atoms with Crippen LogP contribution in [-0.4, -0.2) is 43.8 Å². The predicted molar refractivity (Wildman–Crippen MR) is 80.1 cm³/mol. The van der Waals surface area contributed by atoms with Gasteiger partial charge in [-0.05, 0) is 19.4 Å². The summed E-state index contributed by atoms with van der Waals surface area (Å²) in [5.74, 6) is 1.45. The molecule has 1 unspecified atom stereocenters. The predicted octanol–water partition coefficient (Wildman–Crippen LogP) is 0.876. The van der Waals surface area contributed by atoms with Crippen LogP contribution in [0.15, 0.2) is 24.8 Å². The van der Waals surface area contributed by atoms with Gasteiger partial charge in [0, 0.05) is 32.0 Å². The number of β-amino-alcohol motifs (C(OH)–C–C–N with tert-alkyl or cyclic N) is 1. The minimum absolute atomic E-state index is 0.254. The molecule has 21 heavy (non-hydrogen) atoms. The number of aliphatic hydroxyl groups excluding tert-OH is 1. The van der Waals surface area contributed by atoms with E-state index in [4.69, 9.17) is 0 Å². The Kier molecular flexibility index (Phi) is 4.01. The molecule has 7 heteroatoms. The highest BCUT2D eigenvalue weighted by Gasteiger charge is 2.21. The van der Waals surface area contributed by atoms with Crippen LogP contribution in [0.3, 0.4) is 0 Å². The van der Waals surface area contributed by atoms with Crippen molar-refractivity contribution in [3.05, 3.63) is 30.5 Å². The van der Waals surface area contributed by atoms with Crippen molar-refractivity contribution in [2.45, 2.75) is 32.5 Å². The van der Waals surface area contributed by atoms with E-state index < -0.39 is 0 Å². The summed E-state index contributed by atoms with van der Waals surface area (Å²) < 4.78 is 2.08. The summed E-state index contributed by atoms with van der Waals surface area (Å²) in [4.78, 5) is 15.0. The lowest BCUT2D eigenvalue weighted by molar-refractivity contribution is 0.198. The number of imidazole rings is 1. The monoisotopic (exact) mass is 288 g/mol. The Morgan fingerprint density at radius 3 is 3.14 bits per heavy atom. The Morgan fingerprint density at radius 2 is 2.38 bits per heavy atom. The van der Waals surface area contributed by atoms with Gasteiger partial charge in [-0.25, -0.2) is 9.97 Å². The lowest BCUT2D eigenvalue weighted by atomic mass is 10.3. The molecule has 1 fully saturated rings. The van der Waals surface area contributed by atoms with E-state index in [1.165, 1.54) is 0 Å². The van der Waals surface area contributed by atoms with Crippen LogP contribution in [0.4, 0.5) is 11.8 Å². The summed E-state index contributed by atoms with van der Waals surface area (Å²) in [7, 11) is 0. The van der Waals surface area contributed by atoms with Gasteiger partial charge in [0.15, 0.2) is 0 Å². The number of aryl methyl sites for hydroxylation is 1. The van der Waals surface area contributed by atoms with Gasteiger partial charge in [-0.1, -0.05) is 0 Å². The number of hydrogen-bond acceptors (Lipinski definition) is 6. The standard InChI is InChI=1S/C14H20N6O/c1-2-19-10-15-7-11(19)8-17-14-16-5-3-13(18-14)20-6-4-12(21)9-20/h3,5,7,10,12,21H,2,4,6,8-9H2,1H3,(H,16,17,18). The molecule has 0 bridgehead atoms. The fraction of sp³-hybridized carbons (Fsp3) is 0.500. The summed E-state index contributed by atoms with van der Waals surface area (Å²) in [6.07, 6.45) is 5.95. The smallest absolute Gasteiger partial charge is 0.224 e. The first-order valence-corrected chi connectivity index (χ1v) is 7.25. The van der Waals surface area contributed by atoms with Crippen LogP contribution < -0.4 is 10.2 Å². The second kappa shape index (κ2) is 6.09. The molecule has 3 heterocycles. The van der Waals surface area contributed by atoms with Gasteiger partial charge in [0.2, 0.25) is 5.95 Å². The van der Waals surface area contributed by atoms with Crippen LogP contribution in [0.5, 0.6) is 0 Å². The van der Waals surface area contributed by atoms with Crippen molar-refractivity contribution in [3.63, 3.8) is 0 Å². The van der Waals surface area contributed by atoms with Crippen molar-refractivity contribution in [2.24, 2.45) is 0 Å². The molecule has 0 amide bonds. The third kappa shape index (κ3) is 3.13. The summed E-state index contributed by atoms with van der Waals surface area (Å²) in [6, 6.07) is 1.87. The number of nitrogens with zero attached hydrogens (tertiary/aromatic N) is 5. The van der Waals surface area contributed by atoms with Crippen molar-refractivity contribution in [3.8, 4) is 0 Å². The van der Waals surface area contributed by atoms with Gasteiger partial charge in [0.25, 0.3) is 0 Å². The lowest BCUT2D eigenvalue weighted by Gasteiger charge is -2.17. The molecule has 0 spiro atoms. The maximum absolute atomic E-state index is 9.61. The van der Waals surface area contributed by atoms with Crippen molar-refractivity contribution < 1.29 is 5.11 Å². The van der Waals surface area contributed by atoms with Crippen LogP contribution >= 0.6 is 0 Å². The zero-order chi connectivity index (χ0) is 14.7. The summed E-state index contributed by atoms with van der Waals surface area (Å²) in [6.45, 7) is 5.09. The van der Waals surface area contributed by atoms with Gasteiger partial charge in [-0.2, -0.15) is 4.98 Å². The minimum Gasteiger partial charge on any atom is -0.391 e. The van der Waals surface area contributed by atoms with E-state index >= 15 is 0 Å². The maximum atomic E-state index is 9.61. The Bertz CT molecular complexity index is 599. The van der Waals surface area contributed by atoms with E-state index in [0.29, 0.717) is 19.0 Å².